The van der Waals surface area contributed by atoms with Gasteiger partial charge in [0.15, 0.2) is 0 Å². The molecule has 3 aromatic heterocycles. The summed E-state index contributed by atoms with van der Waals surface area (Å²) in [6.45, 7) is 18.6. The Balaban J connectivity index is 0.000000206. The molecule has 1 fully saturated rings. The molecule has 0 saturated heterocycles. The molecule has 0 aliphatic heterocycles. The number of imidazole rings is 1. The molecule has 0 amide bonds. The van der Waals surface area contributed by atoms with E-state index in [1.165, 1.54) is 65.6 Å². The van der Waals surface area contributed by atoms with E-state index in [0.29, 0.717) is 11.8 Å². The molecule has 0 bridgehead atoms. The molecule has 64 heavy (non-hydrogen) atoms. The largest absolute Gasteiger partial charge is 0.500 e. The number of fused-ring (bicyclic) bond motifs is 4. The first-order chi connectivity index (χ1) is 30.5. The van der Waals surface area contributed by atoms with Crippen LogP contribution in [0, 0.1) is 19.1 Å². The van der Waals surface area contributed by atoms with Gasteiger partial charge >= 0.3 is 0 Å². The van der Waals surface area contributed by atoms with Gasteiger partial charge in [0, 0.05) is 37.4 Å². The average Bonchev–Trinajstić information content (AvgIpc) is 3.88. The molecular formula is C58H59IrN3OSi-2. The van der Waals surface area contributed by atoms with Gasteiger partial charge in [-0.2, -0.15) is 0 Å². The van der Waals surface area contributed by atoms with E-state index < -0.39 is 8.07 Å². The molecule has 9 aromatic rings. The maximum absolute atomic E-state index is 6.20. The smallest absolute Gasteiger partial charge is 0.121 e. The molecule has 4 nitrogen and oxygen atoms in total. The Kier molecular flexibility index (Phi) is 13.4. The van der Waals surface area contributed by atoms with Gasteiger partial charge < -0.3 is 14.0 Å². The zero-order valence-corrected chi connectivity index (χ0v) is 41.9. The number of aryl methyl sites for hydroxylation is 1. The average molecular weight is 1030 g/mol. The summed E-state index contributed by atoms with van der Waals surface area (Å²) in [5, 5.41) is 3.80. The van der Waals surface area contributed by atoms with Crippen LogP contribution in [-0.2, 0) is 20.1 Å². The number of hydrogen-bond donors (Lipinski definition) is 0. The summed E-state index contributed by atoms with van der Waals surface area (Å²) in [5.74, 6) is 2.26. The Morgan fingerprint density at radius 3 is 2.09 bits per heavy atom. The van der Waals surface area contributed by atoms with E-state index in [-0.39, 0.29) is 20.1 Å². The fourth-order valence-electron chi connectivity index (χ4n) is 9.67. The van der Waals surface area contributed by atoms with Crippen molar-refractivity contribution in [1.29, 1.82) is 0 Å². The molecule has 3 heterocycles. The standard InChI is InChI=1S/C38H33N2O.C20H26NSi.Ir/c1-23(2)29-21-28(26-13-7-6-8-14-26)22-30(24(3)4)37(29)40-33-16-10-9-15-32(33)39-38(40)27-18-19-34-31(20-27)36-25(5)12-11-17-35(36)41-34;1-22(2,3)20-15-21-19(17-12-8-5-9-13-17)14-18(20)16-10-6-4-7-11-16;/h6-17,19-24H,1-5H3;5,8-9,12,14-16H,4,6-7,10-11H2,1-3H3;/q2*-1;. The van der Waals surface area contributed by atoms with Crippen molar-refractivity contribution < 1.29 is 24.5 Å². The molecule has 10 rings (SSSR count). The maximum atomic E-state index is 6.20. The molecule has 0 spiro atoms. The van der Waals surface area contributed by atoms with Gasteiger partial charge in [0.2, 0.25) is 0 Å². The molecule has 0 N–H and O–H groups in total. The van der Waals surface area contributed by atoms with Crippen molar-refractivity contribution >= 4 is 46.2 Å². The molecule has 1 saturated carbocycles. The van der Waals surface area contributed by atoms with Gasteiger partial charge in [-0.25, -0.2) is 0 Å². The Bertz CT molecular complexity index is 3010. The van der Waals surface area contributed by atoms with Crippen molar-refractivity contribution in [3.05, 3.63) is 168 Å². The minimum Gasteiger partial charge on any atom is -0.500 e. The van der Waals surface area contributed by atoms with Crippen molar-refractivity contribution in [3.63, 3.8) is 0 Å². The summed E-state index contributed by atoms with van der Waals surface area (Å²) in [7, 11) is -1.36. The van der Waals surface area contributed by atoms with Crippen LogP contribution in [-0.4, -0.2) is 22.6 Å². The van der Waals surface area contributed by atoms with Gasteiger partial charge in [-0.1, -0.05) is 138 Å². The molecule has 0 atom stereocenters. The van der Waals surface area contributed by atoms with E-state index in [2.05, 4.69) is 174 Å². The van der Waals surface area contributed by atoms with Crippen LogP contribution in [0.3, 0.4) is 0 Å². The van der Waals surface area contributed by atoms with Crippen molar-refractivity contribution in [2.45, 2.75) is 104 Å². The van der Waals surface area contributed by atoms with Crippen LogP contribution in [0.5, 0.6) is 0 Å². The van der Waals surface area contributed by atoms with Crippen LogP contribution in [0.15, 0.2) is 138 Å². The maximum Gasteiger partial charge on any atom is 0.121 e. The molecule has 6 heteroatoms. The van der Waals surface area contributed by atoms with E-state index in [0.717, 1.165) is 61.5 Å². The molecule has 1 radical (unpaired) electrons. The van der Waals surface area contributed by atoms with E-state index in [1.54, 1.807) is 10.8 Å². The van der Waals surface area contributed by atoms with Gasteiger partial charge in [-0.15, -0.1) is 59.7 Å². The van der Waals surface area contributed by atoms with Crippen LogP contribution in [0.4, 0.5) is 0 Å². The first-order valence-electron chi connectivity index (χ1n) is 23.0. The first kappa shape index (κ1) is 45.2. The summed E-state index contributed by atoms with van der Waals surface area (Å²) in [5.41, 5.74) is 16.1. The molecule has 1 aliphatic carbocycles. The van der Waals surface area contributed by atoms with Crippen molar-refractivity contribution in [3.8, 4) is 39.5 Å². The number of pyridine rings is 1. The first-order valence-corrected chi connectivity index (χ1v) is 26.5. The zero-order valence-electron chi connectivity index (χ0n) is 38.6. The van der Waals surface area contributed by atoms with Gasteiger partial charge in [0.05, 0.1) is 30.5 Å². The molecule has 0 unspecified atom stereocenters. The topological polar surface area (TPSA) is 43.9 Å². The third-order valence-electron chi connectivity index (χ3n) is 13.0. The van der Waals surface area contributed by atoms with Gasteiger partial charge in [0.1, 0.15) is 5.58 Å². The Morgan fingerprint density at radius 1 is 0.703 bits per heavy atom. The summed E-state index contributed by atoms with van der Waals surface area (Å²) in [6, 6.07) is 51.7. The SMILES string of the molecule is C[Si](C)(C)c1cnc(-c2[c-]cccc2)cc1C1CCCCC1.Cc1cccc2oc3c[c-]c(-c4nc5ccccc5n4-c4c(C(C)C)cc(-c5ccccc5)cc4C(C)C)cc3c12.[Ir]. The third-order valence-corrected chi connectivity index (χ3v) is 15.0. The monoisotopic (exact) mass is 1030 g/mol. The second kappa shape index (κ2) is 19.0. The molecule has 6 aromatic carbocycles. The minimum atomic E-state index is -1.36. The Labute approximate surface area is 394 Å². The van der Waals surface area contributed by atoms with Crippen LogP contribution < -0.4 is 5.19 Å². The van der Waals surface area contributed by atoms with Gasteiger partial charge in [-0.3, -0.25) is 4.98 Å². The van der Waals surface area contributed by atoms with Crippen molar-refractivity contribution in [2.75, 3.05) is 0 Å². The Morgan fingerprint density at radius 2 is 1.41 bits per heavy atom. The number of para-hydroxylation sites is 2. The van der Waals surface area contributed by atoms with E-state index in [1.807, 2.05) is 30.3 Å². The number of aromatic nitrogens is 3. The number of furan rings is 1. The number of rotatable bonds is 8. The van der Waals surface area contributed by atoms with Crippen LogP contribution in [0.2, 0.25) is 19.6 Å². The van der Waals surface area contributed by atoms with E-state index in [9.17, 15) is 0 Å². The molecule has 1 aliphatic rings. The predicted octanol–water partition coefficient (Wildman–Crippen LogP) is 15.8. The quantitative estimate of drug-likeness (QED) is 0.113. The number of benzene rings is 6. The van der Waals surface area contributed by atoms with E-state index >= 15 is 0 Å². The predicted molar refractivity (Wildman–Crippen MR) is 268 cm³/mol. The van der Waals surface area contributed by atoms with Gasteiger partial charge in [-0.05, 0) is 107 Å². The second-order valence-corrected chi connectivity index (χ2v) is 24.2. The summed E-state index contributed by atoms with van der Waals surface area (Å²) < 4.78 is 8.57. The second-order valence-electron chi connectivity index (χ2n) is 19.1. The third kappa shape index (κ3) is 8.98. The van der Waals surface area contributed by atoms with Crippen molar-refractivity contribution in [1.82, 2.24) is 14.5 Å². The normalized spacial score (nSPS) is 13.4. The fourth-order valence-corrected chi connectivity index (χ4v) is 11.3. The fraction of sp³-hybridized carbons (Fsp3) is 0.276. The molecule has 327 valence electrons. The zero-order chi connectivity index (χ0) is 43.8. The summed E-state index contributed by atoms with van der Waals surface area (Å²) in [6.07, 6.45) is 9.03. The summed E-state index contributed by atoms with van der Waals surface area (Å²) in [4.78, 5) is 10.0. The van der Waals surface area contributed by atoms with E-state index in [4.69, 9.17) is 14.4 Å². The molecular weight excluding hydrogens is 975 g/mol. The Hall–Kier alpha value is -5.39. The summed E-state index contributed by atoms with van der Waals surface area (Å²) >= 11 is 0. The number of nitrogens with zero attached hydrogens (tertiary/aromatic N) is 3. The van der Waals surface area contributed by atoms with Crippen LogP contribution in [0.25, 0.3) is 72.4 Å². The minimum absolute atomic E-state index is 0. The number of hydrogen-bond acceptors (Lipinski definition) is 3. The van der Waals surface area contributed by atoms with Gasteiger partial charge in [0.25, 0.3) is 0 Å². The van der Waals surface area contributed by atoms with Crippen molar-refractivity contribution in [2.24, 2.45) is 0 Å². The van der Waals surface area contributed by atoms with Crippen LogP contribution >= 0.6 is 0 Å². The van der Waals surface area contributed by atoms with Crippen LogP contribution in [0.1, 0.15) is 99.8 Å².